The summed E-state index contributed by atoms with van der Waals surface area (Å²) in [6.45, 7) is 2.40. The van der Waals surface area contributed by atoms with E-state index in [1.54, 1.807) is 7.11 Å². The van der Waals surface area contributed by atoms with Crippen LogP contribution in [-0.2, 0) is 47.9 Å². The van der Waals surface area contributed by atoms with Crippen LogP contribution in [0.5, 0.6) is 0 Å². The summed E-state index contributed by atoms with van der Waals surface area (Å²) in [5, 5.41) is 0. The SMILES string of the molecule is C.C.C.C.COC(=O)N1C(=O)C=CC1=O.COC(N)=O.COCOCCN.COOCCCCN1C(=O)C=CC1=O. The molecule has 16 nitrogen and oxygen atoms in total. The third-order valence-corrected chi connectivity index (χ3v) is 3.71. The average molecular weight is 599 g/mol. The minimum atomic E-state index is -0.954. The molecule has 0 atom stereocenters. The first-order valence-electron chi connectivity index (χ1n) is 10.5. The number of imide groups is 4. The summed E-state index contributed by atoms with van der Waals surface area (Å²) in [5.41, 5.74) is 9.52. The monoisotopic (exact) mass is 598 g/mol. The van der Waals surface area contributed by atoms with Gasteiger partial charge in [0.25, 0.3) is 23.6 Å². The standard InChI is InChI=1S/C9H13NO4.C6H5NO4.C4H11NO2.C2H5NO2.4CH4/c1-13-14-7-3-2-6-10-8(11)4-5-9(10)12;1-11-6(10)7-4(8)2-3-5(7)9;1-6-4-7-3-2-5;1-5-2(3)4;;;;/h4-5H,2-3,6-7H2,1H3;2-3H,1H3;2-5H2,1H3;1H3,(H2,3,4);4*1H4. The Hall–Kier alpha value is -3.70. The number of nitrogens with zero attached hydrogens (tertiary/aromatic N) is 2. The highest BCUT2D eigenvalue weighted by molar-refractivity contribution is 6.21. The molecule has 0 aromatic rings. The molecule has 0 aromatic carbocycles. The first-order valence-corrected chi connectivity index (χ1v) is 10.5. The van der Waals surface area contributed by atoms with Gasteiger partial charge in [-0.3, -0.25) is 24.1 Å². The number of carbonyl (C=O) groups is 6. The average Bonchev–Trinajstić information content (AvgIpc) is 3.39. The number of amides is 6. The Morgan fingerprint density at radius 2 is 1.22 bits per heavy atom. The second kappa shape index (κ2) is 32.5. The van der Waals surface area contributed by atoms with Gasteiger partial charge in [0.1, 0.15) is 6.79 Å². The van der Waals surface area contributed by atoms with Gasteiger partial charge in [0.05, 0.1) is 34.5 Å². The van der Waals surface area contributed by atoms with Crippen LogP contribution in [0, 0.1) is 0 Å². The molecular weight excluding hydrogens is 548 g/mol. The van der Waals surface area contributed by atoms with Crippen molar-refractivity contribution >= 4 is 35.8 Å². The van der Waals surface area contributed by atoms with Crippen molar-refractivity contribution in [1.82, 2.24) is 9.80 Å². The maximum atomic E-state index is 11.1. The van der Waals surface area contributed by atoms with Crippen molar-refractivity contribution in [3.63, 3.8) is 0 Å². The fourth-order valence-electron chi connectivity index (χ4n) is 2.06. The lowest BCUT2D eigenvalue weighted by Crippen LogP contribution is -2.35. The van der Waals surface area contributed by atoms with Crippen molar-refractivity contribution < 1.29 is 57.5 Å². The second-order valence-electron chi connectivity index (χ2n) is 6.30. The summed E-state index contributed by atoms with van der Waals surface area (Å²) >= 11 is 0. The van der Waals surface area contributed by atoms with Crippen LogP contribution in [0.1, 0.15) is 42.5 Å². The van der Waals surface area contributed by atoms with Crippen LogP contribution in [0.4, 0.5) is 9.59 Å². The van der Waals surface area contributed by atoms with E-state index in [1.165, 1.54) is 31.3 Å². The highest BCUT2D eigenvalue weighted by atomic mass is 17.2. The molecule has 41 heavy (non-hydrogen) atoms. The molecule has 2 aliphatic heterocycles. The molecular formula is C25H50N4O12. The van der Waals surface area contributed by atoms with E-state index in [4.69, 9.17) is 10.5 Å². The molecule has 2 heterocycles. The predicted molar refractivity (Wildman–Crippen MR) is 152 cm³/mol. The molecule has 2 rings (SSSR count). The Labute approximate surface area is 243 Å². The number of carbonyl (C=O) groups excluding carboxylic acids is 6. The normalized spacial score (nSPS) is 12.0. The Balaban J connectivity index is -0.000000103. The van der Waals surface area contributed by atoms with E-state index in [9.17, 15) is 28.8 Å². The lowest BCUT2D eigenvalue weighted by molar-refractivity contribution is -0.272. The molecule has 2 aliphatic rings. The molecule has 6 amide bonds. The van der Waals surface area contributed by atoms with Crippen LogP contribution >= 0.6 is 0 Å². The number of nitrogens with two attached hydrogens (primary N) is 2. The van der Waals surface area contributed by atoms with E-state index in [-0.39, 0.29) is 41.5 Å². The Kier molecular flexibility index (Phi) is 39.8. The zero-order valence-electron chi connectivity index (χ0n) is 21.2. The van der Waals surface area contributed by atoms with Gasteiger partial charge >= 0.3 is 12.2 Å². The van der Waals surface area contributed by atoms with Crippen molar-refractivity contribution in [2.24, 2.45) is 11.5 Å². The summed E-state index contributed by atoms with van der Waals surface area (Å²) in [6, 6.07) is 0. The summed E-state index contributed by atoms with van der Waals surface area (Å²) < 4.78 is 17.4. The lowest BCUT2D eigenvalue weighted by Gasteiger charge is -2.12. The second-order valence-corrected chi connectivity index (χ2v) is 6.30. The highest BCUT2D eigenvalue weighted by Crippen LogP contribution is 2.05. The van der Waals surface area contributed by atoms with Crippen LogP contribution < -0.4 is 11.5 Å². The molecule has 0 unspecified atom stereocenters. The number of rotatable bonds is 10. The smallest absolute Gasteiger partial charge is 0.423 e. The minimum Gasteiger partial charge on any atom is -0.453 e. The number of hydrogen-bond donors (Lipinski definition) is 2. The van der Waals surface area contributed by atoms with Crippen LogP contribution in [0.2, 0.25) is 0 Å². The molecule has 16 heteroatoms. The van der Waals surface area contributed by atoms with Crippen LogP contribution in [0.3, 0.4) is 0 Å². The fourth-order valence-corrected chi connectivity index (χ4v) is 2.06. The first kappa shape index (κ1) is 50.2. The molecule has 0 saturated carbocycles. The number of hydrogen-bond acceptors (Lipinski definition) is 13. The summed E-state index contributed by atoms with van der Waals surface area (Å²) in [5.74, 6) is -1.80. The van der Waals surface area contributed by atoms with Gasteiger partial charge in [0.15, 0.2) is 0 Å². The number of methoxy groups -OCH3 is 3. The van der Waals surface area contributed by atoms with Gasteiger partial charge in [-0.05, 0) is 12.8 Å². The Bertz CT molecular complexity index is 763. The van der Waals surface area contributed by atoms with Gasteiger partial charge in [0.2, 0.25) is 0 Å². The zero-order valence-corrected chi connectivity index (χ0v) is 21.2. The van der Waals surface area contributed by atoms with Gasteiger partial charge in [0, 0.05) is 44.5 Å². The van der Waals surface area contributed by atoms with E-state index in [0.717, 1.165) is 32.1 Å². The molecule has 4 N–H and O–H groups in total. The van der Waals surface area contributed by atoms with Gasteiger partial charge in [-0.1, -0.05) is 29.7 Å². The van der Waals surface area contributed by atoms with Crippen molar-refractivity contribution in [1.29, 1.82) is 0 Å². The van der Waals surface area contributed by atoms with Gasteiger partial charge in [-0.25, -0.2) is 19.4 Å². The highest BCUT2D eigenvalue weighted by Gasteiger charge is 2.30. The molecule has 0 saturated heterocycles. The molecule has 242 valence electrons. The molecule has 0 bridgehead atoms. The number of primary amides is 1. The maximum absolute atomic E-state index is 11.1. The Morgan fingerprint density at radius 3 is 1.59 bits per heavy atom. The van der Waals surface area contributed by atoms with Crippen molar-refractivity contribution in [3.05, 3.63) is 24.3 Å². The maximum Gasteiger partial charge on any atom is 0.423 e. The third kappa shape index (κ3) is 25.0. The van der Waals surface area contributed by atoms with E-state index in [1.807, 2.05) is 0 Å². The summed E-state index contributed by atoms with van der Waals surface area (Å²) in [6.07, 6.45) is 4.38. The quantitative estimate of drug-likeness (QED) is 0.121. The minimum absolute atomic E-state index is 0. The van der Waals surface area contributed by atoms with Gasteiger partial charge in [-0.15, -0.1) is 0 Å². The molecule has 0 fully saturated rings. The number of ether oxygens (including phenoxy) is 4. The van der Waals surface area contributed by atoms with Crippen LogP contribution in [0.25, 0.3) is 0 Å². The van der Waals surface area contributed by atoms with Crippen molar-refractivity contribution in [3.8, 4) is 0 Å². The zero-order chi connectivity index (χ0) is 28.6. The van der Waals surface area contributed by atoms with Crippen LogP contribution in [0.15, 0.2) is 24.3 Å². The molecule has 0 aromatic heterocycles. The predicted octanol–water partition coefficient (Wildman–Crippen LogP) is 1.77. The van der Waals surface area contributed by atoms with Crippen LogP contribution in [-0.4, -0.2) is 107 Å². The largest absolute Gasteiger partial charge is 0.453 e. The molecule has 0 spiro atoms. The van der Waals surface area contributed by atoms with Crippen molar-refractivity contribution in [2.45, 2.75) is 42.5 Å². The fraction of sp³-hybridized carbons (Fsp3) is 0.600. The molecule has 0 aliphatic carbocycles. The third-order valence-electron chi connectivity index (χ3n) is 3.71. The van der Waals surface area contributed by atoms with Gasteiger partial charge in [-0.2, -0.15) is 4.90 Å². The first-order chi connectivity index (χ1) is 17.6. The summed E-state index contributed by atoms with van der Waals surface area (Å²) in [4.78, 5) is 74.2. The van der Waals surface area contributed by atoms with E-state index in [2.05, 4.69) is 29.7 Å². The van der Waals surface area contributed by atoms with Crippen molar-refractivity contribution in [2.75, 3.05) is 61.5 Å². The van der Waals surface area contributed by atoms with E-state index >= 15 is 0 Å². The van der Waals surface area contributed by atoms with E-state index in [0.29, 0.717) is 38.0 Å². The van der Waals surface area contributed by atoms with E-state index < -0.39 is 24.0 Å². The van der Waals surface area contributed by atoms with Gasteiger partial charge < -0.3 is 30.4 Å². The number of unbranched alkanes of at least 4 members (excludes halogenated alkanes) is 1. The molecule has 0 radical (unpaired) electrons. The topological polar surface area (TPSA) is 216 Å². The lowest BCUT2D eigenvalue weighted by atomic mass is 10.3. The Morgan fingerprint density at radius 1 is 0.756 bits per heavy atom. The summed E-state index contributed by atoms with van der Waals surface area (Å²) in [7, 11) is 5.34.